The zero-order valence-electron chi connectivity index (χ0n) is 8.59. The van der Waals surface area contributed by atoms with Gasteiger partial charge in [-0.1, -0.05) is 11.6 Å². The van der Waals surface area contributed by atoms with E-state index in [1.54, 1.807) is 13.0 Å². The Bertz CT molecular complexity index is 454. The van der Waals surface area contributed by atoms with Crippen LogP contribution in [0.25, 0.3) is 0 Å². The van der Waals surface area contributed by atoms with E-state index in [2.05, 4.69) is 4.74 Å². The number of ether oxygens (including phenoxy) is 1. The molecule has 0 saturated heterocycles. The Morgan fingerprint density at radius 3 is 2.88 bits per heavy atom. The van der Waals surface area contributed by atoms with Gasteiger partial charge in [-0.25, -0.2) is 4.39 Å². The zero-order chi connectivity index (χ0) is 12.1. The summed E-state index contributed by atoms with van der Waals surface area (Å²) in [5, 5.41) is 8.91. The number of carbonyl (C=O) groups is 1. The Morgan fingerprint density at radius 1 is 1.62 bits per heavy atom. The van der Waals surface area contributed by atoms with Crippen LogP contribution in [0.15, 0.2) is 12.1 Å². The van der Waals surface area contributed by atoms with Crippen molar-refractivity contribution < 1.29 is 13.9 Å². The molecule has 0 fully saturated rings. The van der Waals surface area contributed by atoms with Crippen LogP contribution in [0.2, 0.25) is 5.02 Å². The number of benzene rings is 1. The molecular weight excluding hydrogens is 233 g/mol. The standard InChI is InChI=1S/C11H9ClFNO2/c1-2-16-11(15)5-9-7(6-14)3-8(12)4-10(9)13/h3-4H,2,5H2,1H3. The monoisotopic (exact) mass is 241 g/mol. The van der Waals surface area contributed by atoms with E-state index in [9.17, 15) is 9.18 Å². The third-order valence-corrected chi connectivity index (χ3v) is 2.13. The van der Waals surface area contributed by atoms with Gasteiger partial charge in [-0.15, -0.1) is 0 Å². The smallest absolute Gasteiger partial charge is 0.310 e. The van der Waals surface area contributed by atoms with Crippen LogP contribution < -0.4 is 0 Å². The van der Waals surface area contributed by atoms with E-state index in [1.807, 2.05) is 0 Å². The molecule has 1 aromatic rings. The van der Waals surface area contributed by atoms with Crippen molar-refractivity contribution in [2.24, 2.45) is 0 Å². The molecule has 0 aliphatic heterocycles. The van der Waals surface area contributed by atoms with Crippen LogP contribution in [-0.2, 0) is 16.0 Å². The highest BCUT2D eigenvalue weighted by Crippen LogP contribution is 2.20. The molecule has 0 aliphatic rings. The summed E-state index contributed by atoms with van der Waals surface area (Å²) < 4.78 is 18.1. The van der Waals surface area contributed by atoms with Gasteiger partial charge < -0.3 is 4.74 Å². The Balaban J connectivity index is 3.04. The van der Waals surface area contributed by atoms with Crippen molar-refractivity contribution in [2.75, 3.05) is 6.61 Å². The molecule has 16 heavy (non-hydrogen) atoms. The SMILES string of the molecule is CCOC(=O)Cc1c(F)cc(Cl)cc1C#N. The van der Waals surface area contributed by atoms with Crippen molar-refractivity contribution in [1.29, 1.82) is 5.26 Å². The summed E-state index contributed by atoms with van der Waals surface area (Å²) in [4.78, 5) is 11.2. The molecule has 0 bridgehead atoms. The van der Waals surface area contributed by atoms with Gasteiger partial charge >= 0.3 is 5.97 Å². The second kappa shape index (κ2) is 5.47. The van der Waals surface area contributed by atoms with Crippen LogP contribution in [0.1, 0.15) is 18.1 Å². The number of carbonyl (C=O) groups excluding carboxylic acids is 1. The van der Waals surface area contributed by atoms with Crippen LogP contribution in [0, 0.1) is 17.1 Å². The fourth-order valence-corrected chi connectivity index (χ4v) is 1.44. The quantitative estimate of drug-likeness (QED) is 0.764. The van der Waals surface area contributed by atoms with E-state index in [0.717, 1.165) is 6.07 Å². The molecular formula is C11H9ClFNO2. The van der Waals surface area contributed by atoms with Gasteiger partial charge in [0.2, 0.25) is 0 Å². The lowest BCUT2D eigenvalue weighted by atomic mass is 10.0. The van der Waals surface area contributed by atoms with Crippen molar-refractivity contribution in [3.8, 4) is 6.07 Å². The van der Waals surface area contributed by atoms with E-state index in [4.69, 9.17) is 16.9 Å². The van der Waals surface area contributed by atoms with Crippen molar-refractivity contribution in [3.63, 3.8) is 0 Å². The lowest BCUT2D eigenvalue weighted by Crippen LogP contribution is -2.10. The zero-order valence-corrected chi connectivity index (χ0v) is 9.34. The molecule has 0 spiro atoms. The highest BCUT2D eigenvalue weighted by molar-refractivity contribution is 6.30. The fourth-order valence-electron chi connectivity index (χ4n) is 1.24. The van der Waals surface area contributed by atoms with E-state index < -0.39 is 11.8 Å². The Hall–Kier alpha value is -1.60. The van der Waals surface area contributed by atoms with Gasteiger partial charge in [-0.2, -0.15) is 5.26 Å². The lowest BCUT2D eigenvalue weighted by Gasteiger charge is -2.06. The molecule has 0 radical (unpaired) electrons. The second-order valence-corrected chi connectivity index (χ2v) is 3.44. The molecule has 0 amide bonds. The van der Waals surface area contributed by atoms with Crippen LogP contribution in [-0.4, -0.2) is 12.6 Å². The minimum Gasteiger partial charge on any atom is -0.466 e. The summed E-state index contributed by atoms with van der Waals surface area (Å²) in [5.41, 5.74) is 0.0726. The van der Waals surface area contributed by atoms with Gasteiger partial charge in [0.15, 0.2) is 0 Å². The number of halogens is 2. The molecule has 0 unspecified atom stereocenters. The number of esters is 1. The molecule has 0 atom stereocenters. The number of hydrogen-bond acceptors (Lipinski definition) is 3. The molecule has 1 rings (SSSR count). The Morgan fingerprint density at radius 2 is 2.31 bits per heavy atom. The largest absolute Gasteiger partial charge is 0.466 e. The molecule has 84 valence electrons. The van der Waals surface area contributed by atoms with E-state index in [0.29, 0.717) is 0 Å². The fraction of sp³-hybridized carbons (Fsp3) is 0.273. The van der Waals surface area contributed by atoms with Gasteiger partial charge in [0.05, 0.1) is 24.7 Å². The highest BCUT2D eigenvalue weighted by Gasteiger charge is 2.14. The van der Waals surface area contributed by atoms with Crippen molar-refractivity contribution in [3.05, 3.63) is 34.1 Å². The van der Waals surface area contributed by atoms with Crippen molar-refractivity contribution >= 4 is 17.6 Å². The molecule has 0 aliphatic carbocycles. The van der Waals surface area contributed by atoms with Crippen molar-refractivity contribution in [2.45, 2.75) is 13.3 Å². The van der Waals surface area contributed by atoms with E-state index >= 15 is 0 Å². The van der Waals surface area contributed by atoms with Crippen LogP contribution in [0.5, 0.6) is 0 Å². The summed E-state index contributed by atoms with van der Waals surface area (Å²) >= 11 is 5.59. The van der Waals surface area contributed by atoms with Gasteiger partial charge in [-0.05, 0) is 19.1 Å². The first kappa shape index (κ1) is 12.5. The average molecular weight is 242 g/mol. The average Bonchev–Trinajstić information content (AvgIpc) is 2.22. The van der Waals surface area contributed by atoms with Crippen molar-refractivity contribution in [1.82, 2.24) is 0 Å². The maximum Gasteiger partial charge on any atom is 0.310 e. The predicted molar refractivity (Wildman–Crippen MR) is 56.5 cm³/mol. The highest BCUT2D eigenvalue weighted by atomic mass is 35.5. The third-order valence-electron chi connectivity index (χ3n) is 1.91. The molecule has 0 aromatic heterocycles. The number of hydrogen-bond donors (Lipinski definition) is 0. The summed E-state index contributed by atoms with van der Waals surface area (Å²) in [7, 11) is 0. The summed E-state index contributed by atoms with van der Waals surface area (Å²) in [6, 6.07) is 4.18. The maximum atomic E-state index is 13.5. The number of rotatable bonds is 3. The maximum absolute atomic E-state index is 13.5. The number of nitriles is 1. The van der Waals surface area contributed by atoms with E-state index in [-0.39, 0.29) is 29.2 Å². The molecule has 0 saturated carbocycles. The molecule has 3 nitrogen and oxygen atoms in total. The van der Waals surface area contributed by atoms with E-state index in [1.165, 1.54) is 6.07 Å². The van der Waals surface area contributed by atoms with Crippen LogP contribution in [0.4, 0.5) is 4.39 Å². The first-order valence-electron chi connectivity index (χ1n) is 4.62. The first-order chi connectivity index (χ1) is 7.58. The van der Waals surface area contributed by atoms with Crippen LogP contribution in [0.3, 0.4) is 0 Å². The van der Waals surface area contributed by atoms with Gasteiger partial charge in [-0.3, -0.25) is 4.79 Å². The van der Waals surface area contributed by atoms with Gasteiger partial charge in [0.25, 0.3) is 0 Å². The first-order valence-corrected chi connectivity index (χ1v) is 5.00. The minimum atomic E-state index is -0.669. The second-order valence-electron chi connectivity index (χ2n) is 3.01. The summed E-state index contributed by atoms with van der Waals surface area (Å²) in [6.07, 6.45) is -0.264. The normalized spacial score (nSPS) is 9.62. The molecule has 1 aromatic carbocycles. The Labute approximate surface area is 97.4 Å². The van der Waals surface area contributed by atoms with Gasteiger partial charge in [0, 0.05) is 10.6 Å². The summed E-state index contributed by atoms with van der Waals surface area (Å²) in [6.45, 7) is 1.87. The van der Waals surface area contributed by atoms with Crippen LogP contribution >= 0.6 is 11.6 Å². The summed E-state index contributed by atoms with van der Waals surface area (Å²) in [5.74, 6) is -1.24. The minimum absolute atomic E-state index is 0.0188. The van der Waals surface area contributed by atoms with Gasteiger partial charge in [0.1, 0.15) is 5.82 Å². The Kier molecular flexibility index (Phi) is 4.27. The topological polar surface area (TPSA) is 50.1 Å². The molecule has 0 N–H and O–H groups in total. The lowest BCUT2D eigenvalue weighted by molar-refractivity contribution is -0.142. The third kappa shape index (κ3) is 2.94. The predicted octanol–water partition coefficient (Wildman–Crippen LogP) is 2.46. The molecule has 0 heterocycles. The number of nitrogens with zero attached hydrogens (tertiary/aromatic N) is 1. The molecule has 5 heteroatoms.